The fourth-order valence-corrected chi connectivity index (χ4v) is 5.15. The first kappa shape index (κ1) is 26.9. The first-order valence-corrected chi connectivity index (χ1v) is 12.8. The molecule has 5 aromatic rings. The molecule has 0 radical (unpaired) electrons. The molecule has 0 aliphatic carbocycles. The van der Waals surface area contributed by atoms with E-state index in [0.29, 0.717) is 28.4 Å². The Balaban J connectivity index is 1.50. The summed E-state index contributed by atoms with van der Waals surface area (Å²) >= 11 is 0.671. The summed E-state index contributed by atoms with van der Waals surface area (Å²) in [6.07, 6.45) is -4.73. The van der Waals surface area contributed by atoms with Crippen LogP contribution in [0.1, 0.15) is 42.8 Å². The highest BCUT2D eigenvalue weighted by atomic mass is 32.1. The van der Waals surface area contributed by atoms with Gasteiger partial charge in [0.1, 0.15) is 33.5 Å². The molecule has 0 unspecified atom stereocenters. The fourth-order valence-electron chi connectivity index (χ4n) is 4.15. The number of alkyl halides is 3. The van der Waals surface area contributed by atoms with Crippen LogP contribution < -0.4 is 15.8 Å². The number of benzene rings is 2. The minimum atomic E-state index is -4.73. The molecule has 7 nitrogen and oxygen atoms in total. The van der Waals surface area contributed by atoms with E-state index in [9.17, 15) is 22.8 Å². The maximum Gasteiger partial charge on any atom is 0.433 e. The topological polar surface area (TPSA) is 107 Å². The third kappa shape index (κ3) is 5.41. The molecule has 11 heteroatoms. The van der Waals surface area contributed by atoms with E-state index < -0.39 is 23.7 Å². The predicted molar refractivity (Wildman–Crippen MR) is 145 cm³/mol. The highest BCUT2D eigenvalue weighted by Crippen LogP contribution is 2.43. The molecule has 0 saturated carbocycles. The molecule has 0 atom stereocenters. The number of nitrogens with one attached hydrogen (secondary N) is 1. The number of carbonyl (C=O) groups excluding carboxylic acids is 2. The van der Waals surface area contributed by atoms with Crippen molar-refractivity contribution in [1.29, 1.82) is 0 Å². The Labute approximate surface area is 230 Å². The highest BCUT2D eigenvalue weighted by molar-refractivity contribution is 7.21. The van der Waals surface area contributed by atoms with Crippen molar-refractivity contribution in [3.05, 3.63) is 99.9 Å². The average Bonchev–Trinajstić information content (AvgIpc) is 3.54. The standard InChI is InChI=1S/C29H22F3N3O4S/c1-15-8-9-16(2)21(12-15)38-14-18-10-11-20(39-18)27(37)35-24-23-19(17-6-4-3-5-7-17)13-22(29(30,31)32)34-28(23)40-25(24)26(33)36/h3-13H,14H2,1-2H3,(H2,33,36)(H,35,37). The third-order valence-electron chi connectivity index (χ3n) is 6.10. The van der Waals surface area contributed by atoms with E-state index in [1.54, 1.807) is 36.4 Å². The number of nitrogens with two attached hydrogens (primary N) is 1. The molecule has 40 heavy (non-hydrogen) atoms. The van der Waals surface area contributed by atoms with Crippen LogP contribution in [0, 0.1) is 13.8 Å². The Morgan fingerprint density at radius 1 is 1.05 bits per heavy atom. The lowest BCUT2D eigenvalue weighted by molar-refractivity contribution is -0.140. The van der Waals surface area contributed by atoms with Gasteiger partial charge in [0, 0.05) is 5.39 Å². The van der Waals surface area contributed by atoms with Crippen LogP contribution in [0.15, 0.2) is 71.1 Å². The van der Waals surface area contributed by atoms with Gasteiger partial charge in [-0.15, -0.1) is 11.3 Å². The first-order valence-electron chi connectivity index (χ1n) is 12.0. The number of rotatable bonds is 7. The first-order chi connectivity index (χ1) is 19.0. The molecule has 0 saturated heterocycles. The minimum absolute atomic E-state index is 0.0397. The predicted octanol–water partition coefficient (Wildman–Crippen LogP) is 7.12. The van der Waals surface area contributed by atoms with E-state index in [1.807, 2.05) is 32.0 Å². The molecule has 0 aliphatic rings. The lowest BCUT2D eigenvalue weighted by Gasteiger charge is -2.12. The Morgan fingerprint density at radius 3 is 2.50 bits per heavy atom. The summed E-state index contributed by atoms with van der Waals surface area (Å²) in [5, 5.41) is 2.78. The zero-order chi connectivity index (χ0) is 28.6. The summed E-state index contributed by atoms with van der Waals surface area (Å²) in [6, 6.07) is 18.0. The Bertz CT molecular complexity index is 1740. The van der Waals surface area contributed by atoms with Crippen LogP contribution in [0.2, 0.25) is 0 Å². The van der Waals surface area contributed by atoms with Gasteiger partial charge in [0.05, 0.1) is 5.69 Å². The number of primary amides is 1. The highest BCUT2D eigenvalue weighted by Gasteiger charge is 2.35. The van der Waals surface area contributed by atoms with Crippen molar-refractivity contribution in [3.8, 4) is 16.9 Å². The van der Waals surface area contributed by atoms with E-state index in [2.05, 4.69) is 10.3 Å². The van der Waals surface area contributed by atoms with Crippen molar-refractivity contribution in [3.63, 3.8) is 0 Å². The summed E-state index contributed by atoms with van der Waals surface area (Å²) in [7, 11) is 0. The minimum Gasteiger partial charge on any atom is -0.485 e. The summed E-state index contributed by atoms with van der Waals surface area (Å²) < 4.78 is 52.5. The number of thiophene rings is 1. The smallest absolute Gasteiger partial charge is 0.433 e. The van der Waals surface area contributed by atoms with Crippen molar-refractivity contribution < 1.29 is 31.9 Å². The second kappa shape index (κ2) is 10.5. The van der Waals surface area contributed by atoms with Gasteiger partial charge in [-0.1, -0.05) is 42.5 Å². The van der Waals surface area contributed by atoms with Crippen molar-refractivity contribution >= 4 is 39.1 Å². The van der Waals surface area contributed by atoms with Gasteiger partial charge >= 0.3 is 6.18 Å². The van der Waals surface area contributed by atoms with Gasteiger partial charge in [-0.2, -0.15) is 13.2 Å². The molecular formula is C29H22F3N3O4S. The molecule has 2 aromatic carbocycles. The molecular weight excluding hydrogens is 543 g/mol. The Morgan fingerprint density at radius 2 is 1.80 bits per heavy atom. The van der Waals surface area contributed by atoms with E-state index in [4.69, 9.17) is 14.9 Å². The SMILES string of the molecule is Cc1ccc(C)c(OCc2ccc(C(=O)Nc3c(C(N)=O)sc4nc(C(F)(F)F)cc(-c5ccccc5)c34)o2)c1. The van der Waals surface area contributed by atoms with Gasteiger partial charge in [-0.25, -0.2) is 4.98 Å². The lowest BCUT2D eigenvalue weighted by Crippen LogP contribution is -2.16. The number of aromatic nitrogens is 1. The van der Waals surface area contributed by atoms with Gasteiger partial charge in [0.15, 0.2) is 5.76 Å². The number of hydrogen-bond acceptors (Lipinski definition) is 6. The van der Waals surface area contributed by atoms with Crippen LogP contribution in [-0.4, -0.2) is 16.8 Å². The third-order valence-corrected chi connectivity index (χ3v) is 7.20. The van der Waals surface area contributed by atoms with Crippen LogP contribution in [-0.2, 0) is 12.8 Å². The number of furan rings is 1. The largest absolute Gasteiger partial charge is 0.485 e. The second-order valence-electron chi connectivity index (χ2n) is 9.05. The second-order valence-corrected chi connectivity index (χ2v) is 10.0. The van der Waals surface area contributed by atoms with Gasteiger partial charge in [0.25, 0.3) is 11.8 Å². The number of anilines is 1. The molecule has 5 rings (SSSR count). The number of nitrogens with zero attached hydrogens (tertiary/aromatic N) is 1. The molecule has 3 heterocycles. The summed E-state index contributed by atoms with van der Waals surface area (Å²) in [5.74, 6) is -0.683. The maximum atomic E-state index is 13.7. The molecule has 2 amide bonds. The number of amides is 2. The van der Waals surface area contributed by atoms with Crippen molar-refractivity contribution in [2.75, 3.05) is 5.32 Å². The zero-order valence-corrected chi connectivity index (χ0v) is 22.1. The molecule has 3 aromatic heterocycles. The molecule has 3 N–H and O–H groups in total. The van der Waals surface area contributed by atoms with E-state index in [0.717, 1.165) is 17.2 Å². The molecule has 0 spiro atoms. The summed E-state index contributed by atoms with van der Waals surface area (Å²) in [6.45, 7) is 3.92. The number of carbonyl (C=O) groups is 2. The van der Waals surface area contributed by atoms with Crippen molar-refractivity contribution in [1.82, 2.24) is 4.98 Å². The fraction of sp³-hybridized carbons (Fsp3) is 0.138. The monoisotopic (exact) mass is 565 g/mol. The number of halogens is 3. The van der Waals surface area contributed by atoms with Gasteiger partial charge in [-0.3, -0.25) is 9.59 Å². The van der Waals surface area contributed by atoms with E-state index in [-0.39, 0.29) is 38.7 Å². The number of hydrogen-bond donors (Lipinski definition) is 2. The summed E-state index contributed by atoms with van der Waals surface area (Å²) in [5.41, 5.74) is 6.93. The molecule has 0 bridgehead atoms. The number of ether oxygens (including phenoxy) is 1. The van der Waals surface area contributed by atoms with Crippen LogP contribution in [0.25, 0.3) is 21.3 Å². The zero-order valence-electron chi connectivity index (χ0n) is 21.3. The van der Waals surface area contributed by atoms with E-state index >= 15 is 0 Å². The number of fused-ring (bicyclic) bond motifs is 1. The molecule has 0 fully saturated rings. The van der Waals surface area contributed by atoms with Gasteiger partial charge in [-0.05, 0) is 60.4 Å². The van der Waals surface area contributed by atoms with Gasteiger partial charge in [0.2, 0.25) is 0 Å². The molecule has 0 aliphatic heterocycles. The quantitative estimate of drug-likeness (QED) is 0.218. The van der Waals surface area contributed by atoms with Crippen LogP contribution in [0.5, 0.6) is 5.75 Å². The number of aryl methyl sites for hydroxylation is 2. The van der Waals surface area contributed by atoms with Crippen molar-refractivity contribution in [2.24, 2.45) is 5.73 Å². The van der Waals surface area contributed by atoms with Crippen molar-refractivity contribution in [2.45, 2.75) is 26.6 Å². The maximum absolute atomic E-state index is 13.7. The van der Waals surface area contributed by atoms with Gasteiger partial charge < -0.3 is 20.2 Å². The lowest BCUT2D eigenvalue weighted by atomic mass is 10.0. The van der Waals surface area contributed by atoms with E-state index in [1.165, 1.54) is 6.07 Å². The summed E-state index contributed by atoms with van der Waals surface area (Å²) in [4.78, 5) is 29.0. The van der Waals surface area contributed by atoms with Crippen LogP contribution in [0.3, 0.4) is 0 Å². The van der Waals surface area contributed by atoms with Crippen LogP contribution in [0.4, 0.5) is 18.9 Å². The Hall–Kier alpha value is -4.64. The van der Waals surface area contributed by atoms with Crippen LogP contribution >= 0.6 is 11.3 Å². The normalized spacial score (nSPS) is 11.5. The average molecular weight is 566 g/mol. The number of pyridine rings is 1. The Kier molecular flexibility index (Phi) is 7.07. The molecule has 204 valence electrons.